The fourth-order valence-electron chi connectivity index (χ4n) is 1.88. The van der Waals surface area contributed by atoms with Crippen LogP contribution in [0.5, 0.6) is 11.5 Å². The molecule has 0 aliphatic heterocycles. The van der Waals surface area contributed by atoms with Gasteiger partial charge in [-0.2, -0.15) is 0 Å². The number of aliphatic hydroxyl groups is 1. The maximum absolute atomic E-state index is 12.0. The van der Waals surface area contributed by atoms with Gasteiger partial charge in [0.2, 0.25) is 0 Å². The van der Waals surface area contributed by atoms with Crippen molar-refractivity contribution in [2.45, 2.75) is 6.10 Å². The lowest BCUT2D eigenvalue weighted by atomic mass is 10.2. The summed E-state index contributed by atoms with van der Waals surface area (Å²) in [5, 5.41) is 21.2. The van der Waals surface area contributed by atoms with E-state index in [1.807, 2.05) is 0 Å². The molecule has 0 bridgehead atoms. The van der Waals surface area contributed by atoms with Crippen molar-refractivity contribution in [3.05, 3.63) is 48.0 Å². The Morgan fingerprint density at radius 2 is 1.72 bits per heavy atom. The lowest BCUT2D eigenvalue weighted by molar-refractivity contribution is 0.0681. The molecule has 1 atom stereocenters. The van der Waals surface area contributed by atoms with E-state index in [1.165, 1.54) is 12.4 Å². The molecule has 0 aliphatic rings. The van der Waals surface area contributed by atoms with Crippen LogP contribution >= 0.6 is 0 Å². The first-order valence-corrected chi connectivity index (χ1v) is 7.28. The third-order valence-electron chi connectivity index (χ3n) is 3.12. The third-order valence-corrected chi connectivity index (χ3v) is 3.12. The van der Waals surface area contributed by atoms with Crippen molar-refractivity contribution in [3.8, 4) is 11.5 Å². The van der Waals surface area contributed by atoms with Gasteiger partial charge >= 0.3 is 5.97 Å². The van der Waals surface area contributed by atoms with E-state index in [0.29, 0.717) is 11.5 Å². The van der Waals surface area contributed by atoms with Gasteiger partial charge in [0.1, 0.15) is 24.2 Å². The summed E-state index contributed by atoms with van der Waals surface area (Å²) in [5.74, 6) is -0.887. The minimum absolute atomic E-state index is 0.0567. The second kappa shape index (κ2) is 8.60. The molecule has 0 aliphatic carbocycles. The Bertz CT molecular complexity index is 735. The number of aromatic nitrogens is 2. The van der Waals surface area contributed by atoms with Crippen LogP contribution < -0.4 is 14.8 Å². The fraction of sp³-hybridized carbons (Fsp3) is 0.250. The van der Waals surface area contributed by atoms with E-state index < -0.39 is 23.7 Å². The molecular weight excluding hydrogens is 330 g/mol. The summed E-state index contributed by atoms with van der Waals surface area (Å²) >= 11 is 0. The van der Waals surface area contributed by atoms with Gasteiger partial charge in [-0.1, -0.05) is 0 Å². The van der Waals surface area contributed by atoms with Gasteiger partial charge in [0.15, 0.2) is 11.4 Å². The van der Waals surface area contributed by atoms with E-state index >= 15 is 0 Å². The highest BCUT2D eigenvalue weighted by Gasteiger charge is 2.19. The molecule has 1 amide bonds. The van der Waals surface area contributed by atoms with Crippen molar-refractivity contribution in [2.24, 2.45) is 0 Å². The van der Waals surface area contributed by atoms with Crippen molar-refractivity contribution in [1.82, 2.24) is 15.3 Å². The molecule has 9 heteroatoms. The molecule has 0 unspecified atom stereocenters. The topological polar surface area (TPSA) is 131 Å². The number of carboxylic acid groups (broad SMARTS) is 1. The van der Waals surface area contributed by atoms with E-state index in [1.54, 1.807) is 31.4 Å². The van der Waals surface area contributed by atoms with Crippen LogP contribution in [0.3, 0.4) is 0 Å². The summed E-state index contributed by atoms with van der Waals surface area (Å²) in [6.45, 7) is -0.191. The highest BCUT2D eigenvalue weighted by molar-refractivity contribution is 6.01. The van der Waals surface area contributed by atoms with Crippen LogP contribution in [0.25, 0.3) is 0 Å². The van der Waals surface area contributed by atoms with Crippen LogP contribution in [0.15, 0.2) is 36.7 Å². The lowest BCUT2D eigenvalue weighted by Crippen LogP contribution is -2.36. The van der Waals surface area contributed by atoms with Crippen LogP contribution in [0, 0.1) is 0 Å². The number of amides is 1. The van der Waals surface area contributed by atoms with Gasteiger partial charge in [-0.25, -0.2) is 14.8 Å². The van der Waals surface area contributed by atoms with E-state index in [2.05, 4.69) is 15.3 Å². The summed E-state index contributed by atoms with van der Waals surface area (Å²) in [6, 6.07) is 6.79. The number of carboxylic acids is 1. The van der Waals surface area contributed by atoms with Gasteiger partial charge in [-0.15, -0.1) is 0 Å². The monoisotopic (exact) mass is 347 g/mol. The molecule has 25 heavy (non-hydrogen) atoms. The van der Waals surface area contributed by atoms with Crippen LogP contribution in [0.4, 0.5) is 0 Å². The highest BCUT2D eigenvalue weighted by Crippen LogP contribution is 2.17. The molecule has 2 aromatic rings. The van der Waals surface area contributed by atoms with Gasteiger partial charge in [-0.05, 0) is 24.3 Å². The van der Waals surface area contributed by atoms with Gasteiger partial charge in [0.25, 0.3) is 5.91 Å². The van der Waals surface area contributed by atoms with Crippen molar-refractivity contribution in [2.75, 3.05) is 20.3 Å². The average Bonchev–Trinajstić information content (AvgIpc) is 2.64. The minimum atomic E-state index is -1.36. The number of nitrogens with zero attached hydrogens (tertiary/aromatic N) is 2. The first-order chi connectivity index (χ1) is 12.0. The number of nitrogens with one attached hydrogen (secondary N) is 1. The number of carbonyl (C=O) groups excluding carboxylic acids is 1. The normalized spacial score (nSPS) is 11.4. The Labute approximate surface area is 143 Å². The lowest BCUT2D eigenvalue weighted by Gasteiger charge is -2.13. The molecule has 0 spiro atoms. The summed E-state index contributed by atoms with van der Waals surface area (Å²) in [6.07, 6.45) is 1.40. The van der Waals surface area contributed by atoms with Crippen molar-refractivity contribution in [3.63, 3.8) is 0 Å². The fourth-order valence-corrected chi connectivity index (χ4v) is 1.88. The first-order valence-electron chi connectivity index (χ1n) is 7.28. The van der Waals surface area contributed by atoms with E-state index in [-0.39, 0.29) is 18.8 Å². The van der Waals surface area contributed by atoms with Crippen LogP contribution in [-0.2, 0) is 0 Å². The number of aliphatic hydroxyl groups excluding tert-OH is 1. The summed E-state index contributed by atoms with van der Waals surface area (Å²) in [4.78, 5) is 30.3. The molecule has 9 nitrogen and oxygen atoms in total. The Morgan fingerprint density at radius 1 is 1.12 bits per heavy atom. The van der Waals surface area contributed by atoms with E-state index in [9.17, 15) is 14.7 Å². The molecule has 132 valence electrons. The van der Waals surface area contributed by atoms with Crippen molar-refractivity contribution in [1.29, 1.82) is 0 Å². The molecule has 1 aromatic heterocycles. The molecule has 0 saturated heterocycles. The number of benzene rings is 1. The zero-order valence-corrected chi connectivity index (χ0v) is 13.4. The largest absolute Gasteiger partial charge is 0.497 e. The molecule has 2 rings (SSSR count). The van der Waals surface area contributed by atoms with E-state index in [4.69, 9.17) is 14.6 Å². The number of hydrogen-bond acceptors (Lipinski definition) is 7. The quantitative estimate of drug-likeness (QED) is 0.623. The molecule has 1 heterocycles. The molecule has 1 aromatic carbocycles. The predicted octanol–water partition coefficient (Wildman–Crippen LogP) is 0.353. The number of methoxy groups -OCH3 is 1. The minimum Gasteiger partial charge on any atom is -0.497 e. The zero-order chi connectivity index (χ0) is 18.2. The molecular formula is C16H17N3O6. The smallest absolute Gasteiger partial charge is 0.356 e. The maximum atomic E-state index is 12.0. The molecule has 0 radical (unpaired) electrons. The first kappa shape index (κ1) is 18.1. The van der Waals surface area contributed by atoms with Crippen LogP contribution in [-0.4, -0.2) is 58.4 Å². The molecule has 0 fully saturated rings. The second-order valence-electron chi connectivity index (χ2n) is 4.91. The van der Waals surface area contributed by atoms with Crippen LogP contribution in [0.2, 0.25) is 0 Å². The van der Waals surface area contributed by atoms with Crippen molar-refractivity contribution >= 4 is 11.9 Å². The summed E-state index contributed by atoms with van der Waals surface area (Å²) in [5.41, 5.74) is -0.776. The number of carbonyl (C=O) groups is 2. The Morgan fingerprint density at radius 3 is 2.32 bits per heavy atom. The Balaban J connectivity index is 1.84. The zero-order valence-electron chi connectivity index (χ0n) is 13.4. The van der Waals surface area contributed by atoms with Gasteiger partial charge in [0.05, 0.1) is 7.11 Å². The maximum Gasteiger partial charge on any atom is 0.356 e. The summed E-state index contributed by atoms with van der Waals surface area (Å²) in [7, 11) is 1.55. The summed E-state index contributed by atoms with van der Waals surface area (Å²) < 4.78 is 10.4. The molecule has 0 saturated carbocycles. The number of aromatic carboxylic acids is 1. The Kier molecular flexibility index (Phi) is 6.24. The van der Waals surface area contributed by atoms with Crippen LogP contribution in [0.1, 0.15) is 21.0 Å². The van der Waals surface area contributed by atoms with Gasteiger partial charge in [0, 0.05) is 18.9 Å². The van der Waals surface area contributed by atoms with Gasteiger partial charge in [-0.3, -0.25) is 4.79 Å². The predicted molar refractivity (Wildman–Crippen MR) is 85.8 cm³/mol. The molecule has 3 N–H and O–H groups in total. The number of hydrogen-bond donors (Lipinski definition) is 3. The van der Waals surface area contributed by atoms with E-state index in [0.717, 1.165) is 0 Å². The number of ether oxygens (including phenoxy) is 2. The third kappa shape index (κ3) is 5.15. The highest BCUT2D eigenvalue weighted by atomic mass is 16.5. The number of rotatable bonds is 8. The average molecular weight is 347 g/mol. The SMILES string of the molecule is COc1ccc(OC[C@@H](O)CNC(=O)c2nccnc2C(=O)O)cc1. The standard InChI is InChI=1S/C16H17N3O6/c1-24-11-2-4-12(5-3-11)25-9-10(20)8-19-15(21)13-14(16(22)23)18-7-6-17-13/h2-7,10,20H,8-9H2,1H3,(H,19,21)(H,22,23)/t10-/m0/s1. The van der Waals surface area contributed by atoms with Crippen molar-refractivity contribution < 1.29 is 29.3 Å². The van der Waals surface area contributed by atoms with Gasteiger partial charge < -0.3 is 25.0 Å². The second-order valence-corrected chi connectivity index (χ2v) is 4.91. The Hall–Kier alpha value is -3.20.